The predicted molar refractivity (Wildman–Crippen MR) is 84.4 cm³/mol. The molecule has 2 aromatic carbocycles. The van der Waals surface area contributed by atoms with Crippen molar-refractivity contribution < 1.29 is 18.3 Å². The molecule has 0 aromatic heterocycles. The number of aliphatic hydroxyl groups is 1. The lowest BCUT2D eigenvalue weighted by molar-refractivity contribution is 0.141. The Morgan fingerprint density at radius 2 is 1.67 bits per heavy atom. The zero-order valence-corrected chi connectivity index (χ0v) is 13.4. The number of ether oxygens (including phenoxy) is 1. The van der Waals surface area contributed by atoms with Gasteiger partial charge in [-0.25, -0.2) is 8.42 Å². The molecular weight excluding hydrogens is 288 g/mol. The molecule has 1 unspecified atom stereocenters. The van der Waals surface area contributed by atoms with Crippen LogP contribution >= 0.6 is 0 Å². The van der Waals surface area contributed by atoms with E-state index in [1.807, 2.05) is 24.3 Å². The van der Waals surface area contributed by atoms with Gasteiger partial charge in [0, 0.05) is 11.6 Å². The van der Waals surface area contributed by atoms with Crippen molar-refractivity contribution in [3.05, 3.63) is 42.0 Å². The molecule has 2 rings (SSSR count). The van der Waals surface area contributed by atoms with E-state index in [1.54, 1.807) is 19.2 Å². The first kappa shape index (κ1) is 15.8. The SMILES string of the molecule is COc1ccc(C(O)C(C)(C)S(C)(=O)=O)c2ccccc12. The molecule has 0 aliphatic carbocycles. The van der Waals surface area contributed by atoms with Gasteiger partial charge >= 0.3 is 0 Å². The summed E-state index contributed by atoms with van der Waals surface area (Å²) in [6.45, 7) is 3.07. The van der Waals surface area contributed by atoms with E-state index in [9.17, 15) is 13.5 Å². The quantitative estimate of drug-likeness (QED) is 0.943. The van der Waals surface area contributed by atoms with Crippen LogP contribution in [0.1, 0.15) is 25.5 Å². The number of fused-ring (bicyclic) bond motifs is 1. The van der Waals surface area contributed by atoms with Crippen molar-refractivity contribution in [3.8, 4) is 5.75 Å². The molecule has 0 amide bonds. The van der Waals surface area contributed by atoms with Crippen LogP contribution in [0.5, 0.6) is 5.75 Å². The van der Waals surface area contributed by atoms with Gasteiger partial charge in [-0.1, -0.05) is 30.3 Å². The maximum Gasteiger partial charge on any atom is 0.155 e. The van der Waals surface area contributed by atoms with E-state index in [2.05, 4.69) is 0 Å². The molecule has 1 N–H and O–H groups in total. The normalized spacial score (nSPS) is 14.1. The van der Waals surface area contributed by atoms with Crippen LogP contribution in [-0.4, -0.2) is 31.6 Å². The van der Waals surface area contributed by atoms with Crippen LogP contribution < -0.4 is 4.74 Å². The second-order valence-electron chi connectivity index (χ2n) is 5.68. The highest BCUT2D eigenvalue weighted by Gasteiger charge is 2.39. The Balaban J connectivity index is 2.69. The molecule has 0 bridgehead atoms. The van der Waals surface area contributed by atoms with Crippen molar-refractivity contribution in [1.29, 1.82) is 0 Å². The minimum atomic E-state index is -3.42. The molecule has 21 heavy (non-hydrogen) atoms. The molecule has 0 fully saturated rings. The highest BCUT2D eigenvalue weighted by molar-refractivity contribution is 7.92. The first-order chi connectivity index (χ1) is 9.70. The van der Waals surface area contributed by atoms with E-state index in [0.29, 0.717) is 11.3 Å². The third-order valence-corrected chi connectivity index (χ3v) is 6.18. The Kier molecular flexibility index (Phi) is 4.00. The first-order valence-corrected chi connectivity index (χ1v) is 8.52. The standard InChI is InChI=1S/C16H20O4S/c1-16(2,21(4,18)19)15(17)13-9-10-14(20-3)12-8-6-5-7-11(12)13/h5-10,15,17H,1-4H3. The number of rotatable bonds is 4. The average Bonchev–Trinajstić information content (AvgIpc) is 2.44. The van der Waals surface area contributed by atoms with Crippen molar-refractivity contribution in [2.24, 2.45) is 0 Å². The summed E-state index contributed by atoms with van der Waals surface area (Å²) in [6, 6.07) is 10.9. The fraction of sp³-hybridized carbons (Fsp3) is 0.375. The van der Waals surface area contributed by atoms with Crippen LogP contribution in [0.2, 0.25) is 0 Å². The van der Waals surface area contributed by atoms with E-state index in [4.69, 9.17) is 4.74 Å². The number of aliphatic hydroxyl groups excluding tert-OH is 1. The third kappa shape index (κ3) is 2.63. The summed E-state index contributed by atoms with van der Waals surface area (Å²) in [7, 11) is -1.83. The lowest BCUT2D eigenvalue weighted by Crippen LogP contribution is -2.37. The molecule has 0 saturated heterocycles. The molecule has 2 aromatic rings. The largest absolute Gasteiger partial charge is 0.496 e. The van der Waals surface area contributed by atoms with Gasteiger partial charge in [-0.3, -0.25) is 0 Å². The van der Waals surface area contributed by atoms with E-state index in [1.165, 1.54) is 13.8 Å². The number of hydrogen-bond donors (Lipinski definition) is 1. The molecule has 1 atom stereocenters. The molecule has 0 aliphatic rings. The molecule has 5 heteroatoms. The van der Waals surface area contributed by atoms with Crippen LogP contribution in [0.25, 0.3) is 10.8 Å². The van der Waals surface area contributed by atoms with Crippen LogP contribution in [-0.2, 0) is 9.84 Å². The van der Waals surface area contributed by atoms with Gasteiger partial charge in [-0.05, 0) is 30.9 Å². The minimum Gasteiger partial charge on any atom is -0.496 e. The molecule has 0 spiro atoms. The van der Waals surface area contributed by atoms with E-state index in [0.717, 1.165) is 17.0 Å². The summed E-state index contributed by atoms with van der Waals surface area (Å²) in [5.41, 5.74) is 0.585. The van der Waals surface area contributed by atoms with E-state index in [-0.39, 0.29) is 0 Å². The second kappa shape index (κ2) is 5.31. The number of sulfone groups is 1. The van der Waals surface area contributed by atoms with Gasteiger partial charge < -0.3 is 9.84 Å². The van der Waals surface area contributed by atoms with Gasteiger partial charge in [0.25, 0.3) is 0 Å². The topological polar surface area (TPSA) is 63.6 Å². The van der Waals surface area contributed by atoms with Crippen molar-refractivity contribution in [3.63, 3.8) is 0 Å². The van der Waals surface area contributed by atoms with Gasteiger partial charge in [0.1, 0.15) is 5.75 Å². The van der Waals surface area contributed by atoms with Gasteiger partial charge in [0.05, 0.1) is 18.0 Å². The highest BCUT2D eigenvalue weighted by Crippen LogP contribution is 2.38. The smallest absolute Gasteiger partial charge is 0.155 e. The zero-order chi connectivity index (χ0) is 15.8. The maximum atomic E-state index is 11.9. The van der Waals surface area contributed by atoms with Crippen LogP contribution in [0.3, 0.4) is 0 Å². The molecule has 4 nitrogen and oxygen atoms in total. The Hall–Kier alpha value is -1.59. The van der Waals surface area contributed by atoms with Gasteiger partial charge in [-0.2, -0.15) is 0 Å². The van der Waals surface area contributed by atoms with Crippen LogP contribution in [0.4, 0.5) is 0 Å². The Morgan fingerprint density at radius 3 is 2.19 bits per heavy atom. The van der Waals surface area contributed by atoms with E-state index >= 15 is 0 Å². The lowest BCUT2D eigenvalue weighted by atomic mass is 9.93. The predicted octanol–water partition coefficient (Wildman–Crippen LogP) is 2.71. The van der Waals surface area contributed by atoms with Crippen molar-refractivity contribution in [1.82, 2.24) is 0 Å². The summed E-state index contributed by atoms with van der Waals surface area (Å²) in [5.74, 6) is 0.693. The fourth-order valence-corrected chi connectivity index (χ4v) is 2.82. The molecule has 0 heterocycles. The summed E-state index contributed by atoms with van der Waals surface area (Å²) < 4.78 is 27.9. The molecule has 0 aliphatic heterocycles. The molecule has 114 valence electrons. The molecule has 0 saturated carbocycles. The Labute approximate surface area is 125 Å². The summed E-state index contributed by atoms with van der Waals surface area (Å²) in [4.78, 5) is 0. The Bertz CT molecular complexity index is 763. The molecular formula is C16H20O4S. The van der Waals surface area contributed by atoms with Crippen LogP contribution in [0, 0.1) is 0 Å². The minimum absolute atomic E-state index is 0.585. The van der Waals surface area contributed by atoms with Crippen LogP contribution in [0.15, 0.2) is 36.4 Å². The van der Waals surface area contributed by atoms with E-state index < -0.39 is 20.7 Å². The number of methoxy groups -OCH3 is 1. The van der Waals surface area contributed by atoms with Gasteiger partial charge in [0.2, 0.25) is 0 Å². The summed E-state index contributed by atoms with van der Waals surface area (Å²) in [5, 5.41) is 12.3. The first-order valence-electron chi connectivity index (χ1n) is 6.63. The monoisotopic (exact) mass is 308 g/mol. The lowest BCUT2D eigenvalue weighted by Gasteiger charge is -2.29. The van der Waals surface area contributed by atoms with Gasteiger partial charge in [0.15, 0.2) is 9.84 Å². The summed E-state index contributed by atoms with van der Waals surface area (Å²) in [6.07, 6.45) is 0.0189. The Morgan fingerprint density at radius 1 is 1.10 bits per heavy atom. The van der Waals surface area contributed by atoms with Crippen molar-refractivity contribution in [2.45, 2.75) is 24.7 Å². The zero-order valence-electron chi connectivity index (χ0n) is 12.6. The average molecular weight is 308 g/mol. The highest BCUT2D eigenvalue weighted by atomic mass is 32.2. The third-order valence-electron chi connectivity index (χ3n) is 4.05. The van der Waals surface area contributed by atoms with Gasteiger partial charge in [-0.15, -0.1) is 0 Å². The fourth-order valence-electron chi connectivity index (χ4n) is 2.29. The molecule has 0 radical (unpaired) electrons. The number of benzene rings is 2. The van der Waals surface area contributed by atoms with Crippen molar-refractivity contribution in [2.75, 3.05) is 13.4 Å². The second-order valence-corrected chi connectivity index (χ2v) is 8.28. The number of hydrogen-bond acceptors (Lipinski definition) is 4. The maximum absolute atomic E-state index is 11.9. The van der Waals surface area contributed by atoms with Crippen molar-refractivity contribution >= 4 is 20.6 Å². The summed E-state index contributed by atoms with van der Waals surface area (Å²) >= 11 is 0.